The molecule has 0 aromatic heterocycles. The van der Waals surface area contributed by atoms with Gasteiger partial charge in [-0.3, -0.25) is 0 Å². The molecule has 2 aromatic rings. The van der Waals surface area contributed by atoms with Crippen LogP contribution in [0.5, 0.6) is 11.5 Å². The molecule has 0 aliphatic rings. The van der Waals surface area contributed by atoms with Crippen LogP contribution in [-0.2, 0) is 6.42 Å². The van der Waals surface area contributed by atoms with Crippen molar-refractivity contribution in [2.45, 2.75) is 117 Å². The van der Waals surface area contributed by atoms with Crippen LogP contribution in [0.15, 0.2) is 42.5 Å². The van der Waals surface area contributed by atoms with E-state index in [1.54, 1.807) is 12.1 Å². The lowest BCUT2D eigenvalue weighted by molar-refractivity contribution is 0.454. The van der Waals surface area contributed by atoms with Gasteiger partial charge in [0.15, 0.2) is 0 Å². The Labute approximate surface area is 198 Å². The van der Waals surface area contributed by atoms with Crippen LogP contribution in [0.2, 0.25) is 0 Å². The highest BCUT2D eigenvalue weighted by Gasteiger charge is 2.11. The Morgan fingerprint density at radius 2 is 1.03 bits per heavy atom. The Morgan fingerprint density at radius 3 is 1.47 bits per heavy atom. The molecule has 0 spiro atoms. The molecular weight excluding hydrogens is 392 g/mol. The van der Waals surface area contributed by atoms with Crippen LogP contribution < -0.4 is 0 Å². The third-order valence-electron chi connectivity index (χ3n) is 6.10. The average molecular weight is 441 g/mol. The monoisotopic (exact) mass is 440 g/mol. The minimum absolute atomic E-state index is 0.367. The van der Waals surface area contributed by atoms with E-state index < -0.39 is 0 Å². The van der Waals surface area contributed by atoms with E-state index in [2.05, 4.69) is 34.6 Å². The van der Waals surface area contributed by atoms with E-state index in [0.29, 0.717) is 23.3 Å². The number of hydrogen-bond donors (Lipinski definition) is 2. The summed E-state index contributed by atoms with van der Waals surface area (Å²) in [5.41, 5.74) is 3.44. The predicted molar refractivity (Wildman–Crippen MR) is 140 cm³/mol. The molecule has 2 heteroatoms. The van der Waals surface area contributed by atoms with Crippen LogP contribution in [0.1, 0.15) is 127 Å². The maximum Gasteiger partial charge on any atom is 0.122 e. The highest BCUT2D eigenvalue weighted by atomic mass is 16.3. The molecule has 0 radical (unpaired) electrons. The third-order valence-corrected chi connectivity index (χ3v) is 6.10. The molecule has 180 valence electrons. The van der Waals surface area contributed by atoms with Crippen molar-refractivity contribution < 1.29 is 10.2 Å². The van der Waals surface area contributed by atoms with Gasteiger partial charge >= 0.3 is 0 Å². The fourth-order valence-electron chi connectivity index (χ4n) is 3.99. The summed E-state index contributed by atoms with van der Waals surface area (Å²) in [5, 5.41) is 19.1. The minimum Gasteiger partial charge on any atom is -0.508 e. The number of unbranched alkanes of at least 4 members (excludes halogenated alkanes) is 9. The van der Waals surface area contributed by atoms with E-state index >= 15 is 0 Å². The second-order valence-electron chi connectivity index (χ2n) is 9.69. The summed E-state index contributed by atoms with van der Waals surface area (Å²) < 4.78 is 0. The predicted octanol–water partition coefficient (Wildman–Crippen LogP) is 9.49. The number of benzene rings is 2. The highest BCUT2D eigenvalue weighted by molar-refractivity contribution is 5.43. The van der Waals surface area contributed by atoms with Crippen molar-refractivity contribution in [3.8, 4) is 11.5 Å². The van der Waals surface area contributed by atoms with Crippen molar-refractivity contribution >= 4 is 0 Å². The Kier molecular flexibility index (Phi) is 14.6. The molecule has 0 bridgehead atoms. The number of rotatable bonds is 13. The molecule has 0 fully saturated rings. The van der Waals surface area contributed by atoms with E-state index in [1.165, 1.54) is 69.8 Å². The van der Waals surface area contributed by atoms with Gasteiger partial charge in [0.05, 0.1) is 0 Å². The summed E-state index contributed by atoms with van der Waals surface area (Å²) in [6.07, 6.45) is 15.0. The molecule has 2 N–H and O–H groups in total. The van der Waals surface area contributed by atoms with E-state index in [-0.39, 0.29) is 0 Å². The SMILES string of the molecule is CC(C)c1cccc(C(C)C)c1O.CCCCCCCCCCCCc1ccc(O)cc1. The van der Waals surface area contributed by atoms with Crippen LogP contribution in [0.3, 0.4) is 0 Å². The molecule has 0 aliphatic heterocycles. The summed E-state index contributed by atoms with van der Waals surface area (Å²) >= 11 is 0. The fraction of sp³-hybridized carbons (Fsp3) is 0.600. The molecular formula is C30H48O2. The van der Waals surface area contributed by atoms with Gasteiger partial charge in [-0.2, -0.15) is 0 Å². The maximum absolute atomic E-state index is 9.93. The third kappa shape index (κ3) is 11.6. The fourth-order valence-corrected chi connectivity index (χ4v) is 3.99. The van der Waals surface area contributed by atoms with E-state index in [9.17, 15) is 10.2 Å². The first-order valence-corrected chi connectivity index (χ1v) is 13.0. The van der Waals surface area contributed by atoms with Gasteiger partial charge in [0.25, 0.3) is 0 Å². The molecule has 2 rings (SSSR count). The van der Waals surface area contributed by atoms with Crippen molar-refractivity contribution in [1.82, 2.24) is 0 Å². The molecule has 2 nitrogen and oxygen atoms in total. The van der Waals surface area contributed by atoms with E-state index in [0.717, 1.165) is 17.5 Å². The van der Waals surface area contributed by atoms with Gasteiger partial charge in [-0.1, -0.05) is 123 Å². The Balaban J connectivity index is 0.000000343. The summed E-state index contributed by atoms with van der Waals surface area (Å²) in [5.74, 6) is 1.62. The lowest BCUT2D eigenvalue weighted by Gasteiger charge is -2.14. The smallest absolute Gasteiger partial charge is 0.122 e. The van der Waals surface area contributed by atoms with Crippen molar-refractivity contribution in [3.63, 3.8) is 0 Å². The maximum atomic E-state index is 9.93. The number of phenolic OH excluding ortho intramolecular Hbond substituents is 2. The quantitative estimate of drug-likeness (QED) is 0.304. The lowest BCUT2D eigenvalue weighted by atomic mass is 9.94. The van der Waals surface area contributed by atoms with Gasteiger partial charge in [0, 0.05) is 0 Å². The minimum atomic E-state index is 0.367. The Bertz CT molecular complexity index is 690. The number of hydrogen-bond acceptors (Lipinski definition) is 2. The second-order valence-corrected chi connectivity index (χ2v) is 9.69. The molecule has 0 unspecified atom stereocenters. The number of aromatic hydroxyl groups is 2. The van der Waals surface area contributed by atoms with Crippen LogP contribution in [0.4, 0.5) is 0 Å². The Hall–Kier alpha value is -1.96. The van der Waals surface area contributed by atoms with Crippen LogP contribution >= 0.6 is 0 Å². The van der Waals surface area contributed by atoms with Crippen molar-refractivity contribution in [2.24, 2.45) is 0 Å². The van der Waals surface area contributed by atoms with Gasteiger partial charge in [0.2, 0.25) is 0 Å². The van der Waals surface area contributed by atoms with Gasteiger partial charge < -0.3 is 10.2 Å². The van der Waals surface area contributed by atoms with Gasteiger partial charge in [0.1, 0.15) is 11.5 Å². The van der Waals surface area contributed by atoms with Gasteiger partial charge in [-0.05, 0) is 53.5 Å². The molecule has 0 saturated carbocycles. The summed E-state index contributed by atoms with van der Waals surface area (Å²) in [6, 6.07) is 13.6. The molecule has 0 heterocycles. The topological polar surface area (TPSA) is 40.5 Å². The Morgan fingerprint density at radius 1 is 0.594 bits per heavy atom. The first-order valence-electron chi connectivity index (χ1n) is 13.0. The van der Waals surface area contributed by atoms with Gasteiger partial charge in [-0.25, -0.2) is 0 Å². The highest BCUT2D eigenvalue weighted by Crippen LogP contribution is 2.32. The molecule has 0 atom stereocenters. The second kappa shape index (κ2) is 16.6. The zero-order chi connectivity index (χ0) is 23.8. The van der Waals surface area contributed by atoms with Crippen LogP contribution in [0.25, 0.3) is 0 Å². The zero-order valence-electron chi connectivity index (χ0n) is 21.4. The lowest BCUT2D eigenvalue weighted by Crippen LogP contribution is -1.94. The summed E-state index contributed by atoms with van der Waals surface area (Å²) in [6.45, 7) is 10.7. The number of para-hydroxylation sites is 1. The number of phenols is 2. The molecule has 2 aromatic carbocycles. The van der Waals surface area contributed by atoms with E-state index in [4.69, 9.17) is 0 Å². The molecule has 0 saturated heterocycles. The molecule has 0 aliphatic carbocycles. The summed E-state index contributed by atoms with van der Waals surface area (Å²) in [7, 11) is 0. The molecule has 32 heavy (non-hydrogen) atoms. The first-order chi connectivity index (χ1) is 15.4. The molecule has 0 amide bonds. The van der Waals surface area contributed by atoms with E-state index in [1.807, 2.05) is 30.3 Å². The summed E-state index contributed by atoms with van der Waals surface area (Å²) in [4.78, 5) is 0. The van der Waals surface area contributed by atoms with Crippen molar-refractivity contribution in [2.75, 3.05) is 0 Å². The van der Waals surface area contributed by atoms with Gasteiger partial charge in [-0.15, -0.1) is 0 Å². The van der Waals surface area contributed by atoms with Crippen LogP contribution in [-0.4, -0.2) is 10.2 Å². The average Bonchev–Trinajstić information content (AvgIpc) is 2.76. The largest absolute Gasteiger partial charge is 0.508 e. The standard InChI is InChI=1S/C18H30O.C12H18O/c1-2-3-4-5-6-7-8-9-10-11-12-17-13-15-18(19)16-14-17;1-8(2)10-6-5-7-11(9(3)4)12(10)13/h13-16,19H,2-12H2,1H3;5-9,13H,1-4H3. The van der Waals surface area contributed by atoms with Crippen molar-refractivity contribution in [1.29, 1.82) is 0 Å². The normalized spacial score (nSPS) is 11.0. The first kappa shape index (κ1) is 28.1. The zero-order valence-corrected chi connectivity index (χ0v) is 21.4. The van der Waals surface area contributed by atoms with Crippen LogP contribution in [0, 0.1) is 0 Å². The number of aryl methyl sites for hydroxylation is 1. The van der Waals surface area contributed by atoms with Crippen molar-refractivity contribution in [3.05, 3.63) is 59.2 Å².